The maximum atomic E-state index is 13.2. The van der Waals surface area contributed by atoms with Gasteiger partial charge in [-0.3, -0.25) is 0 Å². The summed E-state index contributed by atoms with van der Waals surface area (Å²) in [4.78, 5) is 24.8. The standard InChI is InChI=1S/C19H16ClF4N3O3/c20-12-5-11(19(22,23)24)6-14(7-12)25-17(28)26-16-9-27(18(29)30)8-15(16)10-1-3-13(21)4-2-10/h1-7,15-16H,8-9H2,(H,29,30)(H2,25,26,28)/t15-,16+/m0/s1. The van der Waals surface area contributed by atoms with Gasteiger partial charge >= 0.3 is 18.3 Å². The van der Waals surface area contributed by atoms with Gasteiger partial charge < -0.3 is 20.6 Å². The van der Waals surface area contributed by atoms with Crippen molar-refractivity contribution in [2.24, 2.45) is 0 Å². The maximum Gasteiger partial charge on any atom is 0.416 e. The predicted molar refractivity (Wildman–Crippen MR) is 101 cm³/mol. The first-order valence-corrected chi connectivity index (χ1v) is 9.09. The molecule has 0 radical (unpaired) electrons. The minimum absolute atomic E-state index is 0.0336. The molecule has 1 saturated heterocycles. The van der Waals surface area contributed by atoms with Gasteiger partial charge in [-0.1, -0.05) is 23.7 Å². The van der Waals surface area contributed by atoms with Crippen molar-refractivity contribution in [3.63, 3.8) is 0 Å². The van der Waals surface area contributed by atoms with Crippen LogP contribution in [0.5, 0.6) is 0 Å². The molecule has 2 aromatic rings. The van der Waals surface area contributed by atoms with Gasteiger partial charge in [0.1, 0.15) is 5.82 Å². The lowest BCUT2D eigenvalue weighted by Gasteiger charge is -2.20. The van der Waals surface area contributed by atoms with E-state index in [0.29, 0.717) is 5.56 Å². The van der Waals surface area contributed by atoms with Crippen LogP contribution in [0, 0.1) is 5.82 Å². The van der Waals surface area contributed by atoms with Crippen LogP contribution in [0.1, 0.15) is 17.0 Å². The second-order valence-corrected chi connectivity index (χ2v) is 7.21. The summed E-state index contributed by atoms with van der Waals surface area (Å²) >= 11 is 5.71. The van der Waals surface area contributed by atoms with Gasteiger partial charge in [0, 0.05) is 29.7 Å². The smallest absolute Gasteiger partial charge is 0.416 e. The van der Waals surface area contributed by atoms with Gasteiger partial charge in [0.15, 0.2) is 0 Å². The van der Waals surface area contributed by atoms with E-state index < -0.39 is 41.6 Å². The Morgan fingerprint density at radius 2 is 1.77 bits per heavy atom. The molecule has 2 aromatic carbocycles. The SMILES string of the molecule is O=C(Nc1cc(Cl)cc(C(F)(F)F)c1)N[C@@H]1CN(C(=O)O)C[C@H]1c1ccc(F)cc1. The number of benzene rings is 2. The highest BCUT2D eigenvalue weighted by Gasteiger charge is 2.37. The summed E-state index contributed by atoms with van der Waals surface area (Å²) in [6, 6.07) is 6.56. The zero-order chi connectivity index (χ0) is 22.1. The van der Waals surface area contributed by atoms with E-state index in [0.717, 1.165) is 23.1 Å². The van der Waals surface area contributed by atoms with Gasteiger partial charge in [-0.15, -0.1) is 0 Å². The van der Waals surface area contributed by atoms with E-state index in [1.807, 2.05) is 0 Å². The highest BCUT2D eigenvalue weighted by Crippen LogP contribution is 2.33. The summed E-state index contributed by atoms with van der Waals surface area (Å²) in [6.07, 6.45) is -5.82. The number of hydrogen-bond acceptors (Lipinski definition) is 2. The first-order valence-electron chi connectivity index (χ1n) is 8.71. The Bertz CT molecular complexity index is 953. The second kappa shape index (κ2) is 8.39. The second-order valence-electron chi connectivity index (χ2n) is 6.78. The molecule has 2 atom stereocenters. The van der Waals surface area contributed by atoms with E-state index in [9.17, 15) is 32.3 Å². The molecule has 0 unspecified atom stereocenters. The number of carbonyl (C=O) groups excluding carboxylic acids is 1. The minimum Gasteiger partial charge on any atom is -0.465 e. The fourth-order valence-electron chi connectivity index (χ4n) is 3.32. The van der Waals surface area contributed by atoms with Gasteiger partial charge in [-0.2, -0.15) is 13.2 Å². The van der Waals surface area contributed by atoms with Crippen LogP contribution < -0.4 is 10.6 Å². The van der Waals surface area contributed by atoms with Crippen LogP contribution in [0.15, 0.2) is 42.5 Å². The van der Waals surface area contributed by atoms with Gasteiger partial charge in [-0.25, -0.2) is 14.0 Å². The Balaban J connectivity index is 1.76. The number of halogens is 5. The Morgan fingerprint density at radius 1 is 1.10 bits per heavy atom. The Kier molecular flexibility index (Phi) is 6.06. The zero-order valence-electron chi connectivity index (χ0n) is 15.2. The third-order valence-electron chi connectivity index (χ3n) is 4.69. The minimum atomic E-state index is -4.64. The quantitative estimate of drug-likeness (QED) is 0.595. The molecule has 0 saturated carbocycles. The maximum absolute atomic E-state index is 13.2. The third kappa shape index (κ3) is 5.12. The van der Waals surface area contributed by atoms with E-state index in [2.05, 4.69) is 10.6 Å². The summed E-state index contributed by atoms with van der Waals surface area (Å²) in [7, 11) is 0. The first-order chi connectivity index (χ1) is 14.0. The molecule has 11 heteroatoms. The van der Waals surface area contributed by atoms with Crippen molar-refractivity contribution in [1.29, 1.82) is 0 Å². The number of alkyl halides is 3. The summed E-state index contributed by atoms with van der Waals surface area (Å²) < 4.78 is 52.0. The van der Waals surface area contributed by atoms with Crippen LogP contribution >= 0.6 is 11.6 Å². The zero-order valence-corrected chi connectivity index (χ0v) is 16.0. The van der Waals surface area contributed by atoms with Crippen LogP contribution in [0.2, 0.25) is 5.02 Å². The van der Waals surface area contributed by atoms with Crippen molar-refractivity contribution in [2.45, 2.75) is 18.1 Å². The molecule has 0 aromatic heterocycles. The molecular formula is C19H16ClF4N3O3. The Labute approximate surface area is 173 Å². The summed E-state index contributed by atoms with van der Waals surface area (Å²) in [6.45, 7) is 0.0371. The molecule has 6 nitrogen and oxygen atoms in total. The molecule has 0 spiro atoms. The van der Waals surface area contributed by atoms with Crippen molar-refractivity contribution < 1.29 is 32.3 Å². The number of nitrogens with zero attached hydrogens (tertiary/aromatic N) is 1. The number of amides is 3. The monoisotopic (exact) mass is 445 g/mol. The van der Waals surface area contributed by atoms with Crippen LogP contribution in [0.3, 0.4) is 0 Å². The molecule has 30 heavy (non-hydrogen) atoms. The van der Waals surface area contributed by atoms with Crippen LogP contribution in [0.4, 0.5) is 32.8 Å². The highest BCUT2D eigenvalue weighted by molar-refractivity contribution is 6.31. The molecule has 0 bridgehead atoms. The average molecular weight is 446 g/mol. The first kappa shape index (κ1) is 21.7. The van der Waals surface area contributed by atoms with E-state index >= 15 is 0 Å². The van der Waals surface area contributed by atoms with Gasteiger partial charge in [-0.05, 0) is 35.9 Å². The molecule has 1 aliphatic heterocycles. The van der Waals surface area contributed by atoms with Crippen LogP contribution in [0.25, 0.3) is 0 Å². The van der Waals surface area contributed by atoms with Crippen LogP contribution in [-0.4, -0.2) is 41.3 Å². The lowest BCUT2D eigenvalue weighted by Crippen LogP contribution is -2.42. The van der Waals surface area contributed by atoms with Gasteiger partial charge in [0.05, 0.1) is 11.6 Å². The third-order valence-corrected chi connectivity index (χ3v) is 4.91. The van der Waals surface area contributed by atoms with Crippen LogP contribution in [-0.2, 0) is 6.18 Å². The molecule has 0 aliphatic carbocycles. The van der Waals surface area contributed by atoms with E-state index in [1.165, 1.54) is 24.3 Å². The van der Waals surface area contributed by atoms with E-state index in [-0.39, 0.29) is 23.8 Å². The largest absolute Gasteiger partial charge is 0.465 e. The lowest BCUT2D eigenvalue weighted by atomic mass is 9.94. The summed E-state index contributed by atoms with van der Waals surface area (Å²) in [5, 5.41) is 13.9. The topological polar surface area (TPSA) is 81.7 Å². The van der Waals surface area contributed by atoms with Crippen molar-refractivity contribution >= 4 is 29.4 Å². The fraction of sp³-hybridized carbons (Fsp3) is 0.263. The van der Waals surface area contributed by atoms with Gasteiger partial charge in [0.25, 0.3) is 0 Å². The summed E-state index contributed by atoms with van der Waals surface area (Å²) in [5.74, 6) is -0.923. The fourth-order valence-corrected chi connectivity index (χ4v) is 3.55. The number of anilines is 1. The number of carbonyl (C=O) groups is 2. The lowest BCUT2D eigenvalue weighted by molar-refractivity contribution is -0.137. The van der Waals surface area contributed by atoms with E-state index in [1.54, 1.807) is 0 Å². The average Bonchev–Trinajstić information content (AvgIpc) is 3.05. The molecular weight excluding hydrogens is 430 g/mol. The number of nitrogens with one attached hydrogen (secondary N) is 2. The number of likely N-dealkylation sites (tertiary alicyclic amines) is 1. The Morgan fingerprint density at radius 3 is 2.37 bits per heavy atom. The normalized spacial score (nSPS) is 18.9. The van der Waals surface area contributed by atoms with Crippen molar-refractivity contribution in [1.82, 2.24) is 10.2 Å². The molecule has 3 N–H and O–H groups in total. The molecule has 160 valence electrons. The molecule has 1 fully saturated rings. The van der Waals surface area contributed by atoms with Crippen molar-refractivity contribution in [3.8, 4) is 0 Å². The predicted octanol–water partition coefficient (Wildman–Crippen LogP) is 4.77. The number of urea groups is 1. The number of carboxylic acid groups (broad SMARTS) is 1. The van der Waals surface area contributed by atoms with Gasteiger partial charge in [0.2, 0.25) is 0 Å². The highest BCUT2D eigenvalue weighted by atomic mass is 35.5. The van der Waals surface area contributed by atoms with E-state index in [4.69, 9.17) is 11.6 Å². The van der Waals surface area contributed by atoms with Crippen molar-refractivity contribution in [3.05, 3.63) is 64.4 Å². The molecule has 1 heterocycles. The Hall–Kier alpha value is -3.01. The molecule has 1 aliphatic rings. The van der Waals surface area contributed by atoms with Crippen molar-refractivity contribution in [2.75, 3.05) is 18.4 Å². The molecule has 3 rings (SSSR count). The molecule has 3 amide bonds. The number of rotatable bonds is 3. The summed E-state index contributed by atoms with van der Waals surface area (Å²) in [5.41, 5.74) is -0.571. The number of hydrogen-bond donors (Lipinski definition) is 3.